The molecule has 0 N–H and O–H groups in total. The first-order valence-corrected chi connectivity index (χ1v) is 23.3. The molecule has 14 rings (SSSR count). The first kappa shape index (κ1) is 32.6. The van der Waals surface area contributed by atoms with Crippen molar-refractivity contribution in [2.24, 2.45) is 0 Å². The van der Waals surface area contributed by atoms with Crippen molar-refractivity contribution in [3.63, 3.8) is 0 Å². The summed E-state index contributed by atoms with van der Waals surface area (Å²) in [5, 5.41) is 4.61. The van der Waals surface area contributed by atoms with Crippen LogP contribution in [-0.2, 0) is 0 Å². The first-order chi connectivity index (χ1) is 37.1. The van der Waals surface area contributed by atoms with Crippen LogP contribution in [0.2, 0.25) is 0 Å². The number of benzene rings is 9. The highest BCUT2D eigenvalue weighted by Crippen LogP contribution is 2.44. The van der Waals surface area contributed by atoms with Gasteiger partial charge in [-0.15, -0.1) is 11.3 Å². The van der Waals surface area contributed by atoms with Gasteiger partial charge in [0.15, 0.2) is 17.5 Å². The predicted molar refractivity (Wildman–Crippen MR) is 285 cm³/mol. The Balaban J connectivity index is 0.940. The van der Waals surface area contributed by atoms with Crippen LogP contribution in [-0.4, -0.2) is 24.5 Å². The second-order valence-corrected chi connectivity index (χ2v) is 17.9. The van der Waals surface area contributed by atoms with Crippen LogP contribution in [0.4, 0.5) is 0 Å². The van der Waals surface area contributed by atoms with Crippen LogP contribution in [0.5, 0.6) is 0 Å². The zero-order valence-corrected chi connectivity index (χ0v) is 37.2. The summed E-state index contributed by atoms with van der Waals surface area (Å²) in [6, 6.07) is 53.8. The molecule has 0 fully saturated rings. The van der Waals surface area contributed by atoms with E-state index in [1.165, 1.54) is 6.07 Å². The molecule has 5 aromatic heterocycles. The Morgan fingerprint density at radius 2 is 1.10 bits per heavy atom. The molecule has 6 nitrogen and oxygen atoms in total. The van der Waals surface area contributed by atoms with Gasteiger partial charge < -0.3 is 8.98 Å². The molecule has 322 valence electrons. The quantitative estimate of drug-likeness (QED) is 0.159. The highest BCUT2D eigenvalue weighted by Gasteiger charge is 2.21. The maximum atomic E-state index is 9.22. The number of nitrogens with zero attached hydrogens (tertiary/aromatic N) is 5. The van der Waals surface area contributed by atoms with Crippen LogP contribution < -0.4 is 0 Å². The third kappa shape index (κ3) is 6.47. The van der Waals surface area contributed by atoms with E-state index in [1.807, 2.05) is 85.1 Å². The van der Waals surface area contributed by atoms with Gasteiger partial charge in [-0.3, -0.25) is 4.98 Å². The SMILES string of the molecule is [2H]c1cc([2H])c2c(c1[2H])c1c([2H])c([2H])c([2H])c([2H])c1n2-c1ccccc1-c1nc(-c2ccc(-c3cccnc3)cc2)nc(-c2cccc(-c3cccc4c3sc3ccc(-c5cccc6c5oc5ccccc56)cc34)c2)n1. The molecule has 5 heterocycles. The summed E-state index contributed by atoms with van der Waals surface area (Å²) in [6.07, 6.45) is 3.55. The van der Waals surface area contributed by atoms with Crippen molar-refractivity contribution in [1.82, 2.24) is 24.5 Å². The molecule has 0 saturated carbocycles. The molecular weight excluding hydrogens is 863 g/mol. The van der Waals surface area contributed by atoms with Gasteiger partial charge in [0.1, 0.15) is 11.2 Å². The molecule has 0 bridgehead atoms. The number of aromatic nitrogens is 5. The fraction of sp³-hybridized carbons (Fsp3) is 0. The van der Waals surface area contributed by atoms with E-state index >= 15 is 0 Å². The fourth-order valence-corrected chi connectivity index (χ4v) is 10.9. The summed E-state index contributed by atoms with van der Waals surface area (Å²) in [5.41, 5.74) is 10.4. The standard InChI is InChI=1S/C62H37N5OS/c1-5-24-53-46(16-1)47-17-2-6-25-54(47)67(53)55-26-7-3-19-51(55)62-65-60(39-30-28-38(29-31-39)43-15-12-34-63-37-43)64-61(66-62)42-14-9-13-40(35-42)45-21-11-23-50-52-36-41(32-33-57(52)69-59(45)50)44-20-10-22-49-48-18-4-8-27-56(48)68-58(44)49/h1-37H/i1D,2D,5D,16D,17D,24D,25D. The van der Waals surface area contributed by atoms with Gasteiger partial charge in [-0.2, -0.15) is 0 Å². The molecule has 0 spiro atoms. The molecule has 0 unspecified atom stereocenters. The van der Waals surface area contributed by atoms with Crippen LogP contribution >= 0.6 is 11.3 Å². The Morgan fingerprint density at radius 3 is 2.00 bits per heavy atom. The van der Waals surface area contributed by atoms with E-state index in [1.54, 1.807) is 34.2 Å². The average Bonchev–Trinajstić information content (AvgIpc) is 4.30. The van der Waals surface area contributed by atoms with Crippen molar-refractivity contribution in [3.8, 4) is 73.2 Å². The Bertz CT molecular complexity index is 4750. The van der Waals surface area contributed by atoms with E-state index in [-0.39, 0.29) is 57.8 Å². The molecule has 14 aromatic rings. The molecule has 0 aliphatic carbocycles. The third-order valence-electron chi connectivity index (χ3n) is 12.9. The van der Waals surface area contributed by atoms with E-state index in [4.69, 9.17) is 26.2 Å². The smallest absolute Gasteiger partial charge is 0.166 e. The fourth-order valence-electron chi connectivity index (χ4n) is 9.66. The number of fused-ring (bicyclic) bond motifs is 9. The number of rotatable bonds is 7. The van der Waals surface area contributed by atoms with Crippen LogP contribution in [0.3, 0.4) is 0 Å². The lowest BCUT2D eigenvalue weighted by Crippen LogP contribution is -2.03. The number of hydrogen-bond donors (Lipinski definition) is 0. The normalized spacial score (nSPS) is 13.2. The molecule has 9 aromatic carbocycles. The van der Waals surface area contributed by atoms with Gasteiger partial charge in [0.2, 0.25) is 0 Å². The van der Waals surface area contributed by atoms with Gasteiger partial charge in [0.05, 0.1) is 26.3 Å². The Hall–Kier alpha value is -9.04. The lowest BCUT2D eigenvalue weighted by molar-refractivity contribution is 0.670. The van der Waals surface area contributed by atoms with Crippen LogP contribution in [0.25, 0.3) is 137 Å². The molecule has 0 saturated heterocycles. The number of thiophene rings is 1. The van der Waals surface area contributed by atoms with E-state index in [0.29, 0.717) is 22.9 Å². The third-order valence-corrected chi connectivity index (χ3v) is 14.1. The molecule has 0 atom stereocenters. The van der Waals surface area contributed by atoms with Gasteiger partial charge >= 0.3 is 0 Å². The minimum Gasteiger partial charge on any atom is -0.455 e. The van der Waals surface area contributed by atoms with Gasteiger partial charge in [-0.05, 0) is 82.4 Å². The van der Waals surface area contributed by atoms with Crippen molar-refractivity contribution in [3.05, 3.63) is 225 Å². The van der Waals surface area contributed by atoms with Crippen LogP contribution in [0.1, 0.15) is 9.60 Å². The molecule has 0 amide bonds. The summed E-state index contributed by atoms with van der Waals surface area (Å²) >= 11 is 1.75. The summed E-state index contributed by atoms with van der Waals surface area (Å²) in [4.78, 5) is 19.8. The highest BCUT2D eigenvalue weighted by molar-refractivity contribution is 7.26. The Morgan fingerprint density at radius 1 is 0.435 bits per heavy atom. The summed E-state index contributed by atoms with van der Waals surface area (Å²) in [6.45, 7) is 0. The number of pyridine rings is 1. The zero-order valence-electron chi connectivity index (χ0n) is 43.4. The van der Waals surface area contributed by atoms with Gasteiger partial charge in [0, 0.05) is 76.4 Å². The number of para-hydroxylation sites is 5. The summed E-state index contributed by atoms with van der Waals surface area (Å²) < 4.78 is 72.7. The van der Waals surface area contributed by atoms with Crippen molar-refractivity contribution in [1.29, 1.82) is 0 Å². The lowest BCUT2D eigenvalue weighted by Gasteiger charge is -2.15. The molecule has 0 aliphatic rings. The predicted octanol–water partition coefficient (Wildman–Crippen LogP) is 16.6. The summed E-state index contributed by atoms with van der Waals surface area (Å²) in [7, 11) is 0. The summed E-state index contributed by atoms with van der Waals surface area (Å²) in [5.74, 6) is 1.04. The van der Waals surface area contributed by atoms with Crippen LogP contribution in [0.15, 0.2) is 229 Å². The second-order valence-electron chi connectivity index (χ2n) is 16.8. The maximum absolute atomic E-state index is 9.22. The van der Waals surface area contributed by atoms with Crippen molar-refractivity contribution >= 4 is 75.3 Å². The molecule has 0 radical (unpaired) electrons. The first-order valence-electron chi connectivity index (χ1n) is 25.9. The molecule has 7 heteroatoms. The number of furan rings is 1. The zero-order chi connectivity index (χ0) is 51.5. The van der Waals surface area contributed by atoms with Crippen molar-refractivity contribution in [2.45, 2.75) is 0 Å². The lowest BCUT2D eigenvalue weighted by atomic mass is 9.98. The van der Waals surface area contributed by atoms with Crippen LogP contribution in [0, 0.1) is 0 Å². The molecule has 69 heavy (non-hydrogen) atoms. The number of hydrogen-bond acceptors (Lipinski definition) is 6. The average molecular weight is 907 g/mol. The Labute approximate surface area is 409 Å². The minimum absolute atomic E-state index is 0.0559. The molecule has 0 aliphatic heterocycles. The van der Waals surface area contributed by atoms with E-state index in [2.05, 4.69) is 77.8 Å². The van der Waals surface area contributed by atoms with E-state index < -0.39 is 12.1 Å². The second kappa shape index (κ2) is 15.8. The Kier molecular flexibility index (Phi) is 7.47. The van der Waals surface area contributed by atoms with Gasteiger partial charge in [0.25, 0.3) is 0 Å². The van der Waals surface area contributed by atoms with Gasteiger partial charge in [-0.25, -0.2) is 15.0 Å². The van der Waals surface area contributed by atoms with E-state index in [0.717, 1.165) is 86.6 Å². The monoisotopic (exact) mass is 906 g/mol. The molecular formula is C62H37N5OS. The van der Waals surface area contributed by atoms with Crippen molar-refractivity contribution < 1.29 is 14.0 Å². The van der Waals surface area contributed by atoms with Gasteiger partial charge in [-0.1, -0.05) is 158 Å². The van der Waals surface area contributed by atoms with E-state index in [9.17, 15) is 2.74 Å². The van der Waals surface area contributed by atoms with Crippen molar-refractivity contribution in [2.75, 3.05) is 0 Å². The topological polar surface area (TPSA) is 69.6 Å². The highest BCUT2D eigenvalue weighted by atomic mass is 32.1. The minimum atomic E-state index is -0.472. The maximum Gasteiger partial charge on any atom is 0.166 e. The largest absolute Gasteiger partial charge is 0.455 e.